The van der Waals surface area contributed by atoms with Crippen molar-refractivity contribution in [3.8, 4) is 0 Å². The monoisotopic (exact) mass is 294 g/mol. The average molecular weight is 294 g/mol. The molecule has 120 valence electrons. The van der Waals surface area contributed by atoms with E-state index in [0.717, 1.165) is 19.3 Å². The fourth-order valence-corrected chi connectivity index (χ4v) is 4.68. The molecule has 1 N–H and O–H groups in total. The highest BCUT2D eigenvalue weighted by Gasteiger charge is 2.61. The van der Waals surface area contributed by atoms with E-state index in [9.17, 15) is 4.79 Å². The number of nitrogens with one attached hydrogen (secondary N) is 1. The van der Waals surface area contributed by atoms with E-state index in [4.69, 9.17) is 4.74 Å². The Labute approximate surface area is 128 Å². The van der Waals surface area contributed by atoms with Gasteiger partial charge >= 0.3 is 0 Å². The van der Waals surface area contributed by atoms with Crippen LogP contribution in [-0.4, -0.2) is 41.8 Å². The number of carbonyl (C=O) groups is 1. The zero-order valence-corrected chi connectivity index (χ0v) is 14.1. The normalized spacial score (nSPS) is 37.5. The Bertz CT molecular complexity index is 427. The second kappa shape index (κ2) is 4.95. The van der Waals surface area contributed by atoms with Gasteiger partial charge in [0.1, 0.15) is 0 Å². The SMILES string of the molecule is COC1CC(N2C(=O)C3(CCCC3)NC2C(C)C)C1(C)C. The number of hydrogen-bond acceptors (Lipinski definition) is 3. The topological polar surface area (TPSA) is 41.6 Å². The van der Waals surface area contributed by atoms with Crippen LogP contribution >= 0.6 is 0 Å². The Morgan fingerprint density at radius 1 is 1.29 bits per heavy atom. The van der Waals surface area contributed by atoms with Crippen LogP contribution in [0.15, 0.2) is 0 Å². The smallest absolute Gasteiger partial charge is 0.244 e. The maximum Gasteiger partial charge on any atom is 0.244 e. The molecule has 3 rings (SSSR count). The molecule has 4 nitrogen and oxygen atoms in total. The summed E-state index contributed by atoms with van der Waals surface area (Å²) in [6, 6.07) is 0.301. The second-order valence-corrected chi connectivity index (χ2v) is 8.13. The van der Waals surface area contributed by atoms with Gasteiger partial charge in [-0.05, 0) is 25.2 Å². The van der Waals surface area contributed by atoms with Gasteiger partial charge in [-0.1, -0.05) is 40.5 Å². The van der Waals surface area contributed by atoms with E-state index < -0.39 is 0 Å². The number of hydrogen-bond donors (Lipinski definition) is 1. The van der Waals surface area contributed by atoms with Crippen molar-refractivity contribution in [1.82, 2.24) is 10.2 Å². The molecule has 1 amide bonds. The van der Waals surface area contributed by atoms with E-state index in [0.29, 0.717) is 17.9 Å². The summed E-state index contributed by atoms with van der Waals surface area (Å²) in [6.07, 6.45) is 5.77. The number of carbonyl (C=O) groups excluding carboxylic acids is 1. The summed E-state index contributed by atoms with van der Waals surface area (Å²) >= 11 is 0. The van der Waals surface area contributed by atoms with Gasteiger partial charge in [-0.15, -0.1) is 0 Å². The molecule has 3 aliphatic rings. The highest BCUT2D eigenvalue weighted by molar-refractivity contribution is 5.89. The minimum atomic E-state index is -0.261. The van der Waals surface area contributed by atoms with Crippen molar-refractivity contribution in [2.75, 3.05) is 7.11 Å². The van der Waals surface area contributed by atoms with Crippen LogP contribution in [0.2, 0.25) is 0 Å². The quantitative estimate of drug-likeness (QED) is 0.869. The number of rotatable bonds is 3. The molecule has 1 heterocycles. The van der Waals surface area contributed by atoms with Crippen molar-refractivity contribution in [3.63, 3.8) is 0 Å². The molecule has 3 fully saturated rings. The third kappa shape index (κ3) is 2.06. The molecular weight excluding hydrogens is 264 g/mol. The van der Waals surface area contributed by atoms with Gasteiger partial charge in [-0.25, -0.2) is 0 Å². The van der Waals surface area contributed by atoms with Crippen molar-refractivity contribution in [2.45, 2.75) is 83.6 Å². The lowest BCUT2D eigenvalue weighted by atomic mass is 9.63. The summed E-state index contributed by atoms with van der Waals surface area (Å²) in [5, 5.41) is 3.72. The predicted molar refractivity (Wildman–Crippen MR) is 82.8 cm³/mol. The first-order chi connectivity index (χ1) is 9.83. The van der Waals surface area contributed by atoms with E-state index in [1.807, 2.05) is 0 Å². The first kappa shape index (κ1) is 15.3. The number of amides is 1. The van der Waals surface area contributed by atoms with Crippen LogP contribution in [0, 0.1) is 11.3 Å². The Morgan fingerprint density at radius 2 is 1.90 bits per heavy atom. The average Bonchev–Trinajstić information content (AvgIpc) is 2.99. The largest absolute Gasteiger partial charge is 0.381 e. The van der Waals surface area contributed by atoms with Crippen molar-refractivity contribution in [3.05, 3.63) is 0 Å². The Morgan fingerprint density at radius 3 is 2.38 bits per heavy atom. The molecule has 0 aromatic heterocycles. The molecule has 0 aromatic carbocycles. The van der Waals surface area contributed by atoms with Gasteiger partial charge in [-0.3, -0.25) is 10.1 Å². The lowest BCUT2D eigenvalue weighted by molar-refractivity contribution is -0.165. The summed E-state index contributed by atoms with van der Waals surface area (Å²) < 4.78 is 5.58. The molecule has 2 aliphatic carbocycles. The standard InChI is InChI=1S/C17H30N2O2/c1-11(2)14-18-17(8-6-7-9-17)15(20)19(14)12-10-13(21-5)16(12,3)4/h11-14,18H,6-10H2,1-5H3. The van der Waals surface area contributed by atoms with Crippen LogP contribution < -0.4 is 5.32 Å². The predicted octanol–water partition coefficient (Wildman–Crippen LogP) is 2.53. The minimum Gasteiger partial charge on any atom is -0.381 e. The van der Waals surface area contributed by atoms with E-state index >= 15 is 0 Å². The first-order valence-corrected chi connectivity index (χ1v) is 8.47. The van der Waals surface area contributed by atoms with Crippen molar-refractivity contribution in [2.24, 2.45) is 11.3 Å². The molecule has 3 unspecified atom stereocenters. The third-order valence-electron chi connectivity index (χ3n) is 6.20. The van der Waals surface area contributed by atoms with E-state index in [2.05, 4.69) is 37.9 Å². The highest BCUT2D eigenvalue weighted by atomic mass is 16.5. The first-order valence-electron chi connectivity index (χ1n) is 8.47. The molecular formula is C17H30N2O2. The van der Waals surface area contributed by atoms with E-state index in [-0.39, 0.29) is 23.2 Å². The number of ether oxygens (including phenoxy) is 1. The summed E-state index contributed by atoms with van der Waals surface area (Å²) in [4.78, 5) is 15.4. The van der Waals surface area contributed by atoms with Gasteiger partial charge < -0.3 is 9.64 Å². The van der Waals surface area contributed by atoms with Gasteiger partial charge in [0.25, 0.3) is 0 Å². The molecule has 21 heavy (non-hydrogen) atoms. The second-order valence-electron chi connectivity index (χ2n) is 8.13. The summed E-state index contributed by atoms with van der Waals surface area (Å²) in [5.41, 5.74) is -0.216. The fourth-order valence-electron chi connectivity index (χ4n) is 4.68. The number of nitrogens with zero attached hydrogens (tertiary/aromatic N) is 1. The van der Waals surface area contributed by atoms with Gasteiger partial charge in [0.15, 0.2) is 0 Å². The van der Waals surface area contributed by atoms with Crippen LogP contribution in [0.1, 0.15) is 59.8 Å². The van der Waals surface area contributed by atoms with Crippen LogP contribution in [0.25, 0.3) is 0 Å². The zero-order chi connectivity index (χ0) is 15.4. The molecule has 1 aliphatic heterocycles. The maximum atomic E-state index is 13.2. The zero-order valence-electron chi connectivity index (χ0n) is 14.1. The van der Waals surface area contributed by atoms with Crippen LogP contribution in [0.4, 0.5) is 0 Å². The molecule has 0 radical (unpaired) electrons. The molecule has 0 aromatic rings. The van der Waals surface area contributed by atoms with E-state index in [1.165, 1.54) is 12.8 Å². The van der Waals surface area contributed by atoms with Crippen molar-refractivity contribution >= 4 is 5.91 Å². The Kier molecular flexibility index (Phi) is 3.61. The van der Waals surface area contributed by atoms with Gasteiger partial charge in [-0.2, -0.15) is 0 Å². The lowest BCUT2D eigenvalue weighted by Crippen LogP contribution is -2.65. The van der Waals surface area contributed by atoms with E-state index in [1.54, 1.807) is 7.11 Å². The molecule has 1 saturated heterocycles. The van der Waals surface area contributed by atoms with Crippen LogP contribution in [0.5, 0.6) is 0 Å². The van der Waals surface area contributed by atoms with Gasteiger partial charge in [0.2, 0.25) is 5.91 Å². The van der Waals surface area contributed by atoms with Crippen molar-refractivity contribution < 1.29 is 9.53 Å². The molecule has 0 bridgehead atoms. The highest BCUT2D eigenvalue weighted by Crippen LogP contribution is 2.50. The Balaban J connectivity index is 1.87. The molecule has 3 atom stereocenters. The van der Waals surface area contributed by atoms with Crippen LogP contribution in [0.3, 0.4) is 0 Å². The van der Waals surface area contributed by atoms with Crippen LogP contribution in [-0.2, 0) is 9.53 Å². The molecule has 4 heteroatoms. The maximum absolute atomic E-state index is 13.2. The fraction of sp³-hybridized carbons (Fsp3) is 0.941. The number of methoxy groups -OCH3 is 1. The van der Waals surface area contributed by atoms with Gasteiger partial charge in [0, 0.05) is 18.6 Å². The summed E-state index contributed by atoms with van der Waals surface area (Å²) in [7, 11) is 1.78. The van der Waals surface area contributed by atoms with Crippen molar-refractivity contribution in [1.29, 1.82) is 0 Å². The minimum absolute atomic E-state index is 0.0450. The Hall–Kier alpha value is -0.610. The molecule has 2 saturated carbocycles. The molecule has 1 spiro atoms. The lowest BCUT2D eigenvalue weighted by Gasteiger charge is -2.56. The van der Waals surface area contributed by atoms with Gasteiger partial charge in [0.05, 0.1) is 17.8 Å². The summed E-state index contributed by atoms with van der Waals surface area (Å²) in [6.45, 7) is 8.90. The third-order valence-corrected chi connectivity index (χ3v) is 6.20. The summed E-state index contributed by atoms with van der Waals surface area (Å²) in [5.74, 6) is 0.789.